The molecule has 2 heterocycles. The van der Waals surface area contributed by atoms with Gasteiger partial charge < -0.3 is 19.3 Å². The van der Waals surface area contributed by atoms with Gasteiger partial charge in [-0.25, -0.2) is 4.79 Å². The topological polar surface area (TPSA) is 54.7 Å². The highest BCUT2D eigenvalue weighted by Crippen LogP contribution is 2.37. The average molecular weight is 483 g/mol. The number of aromatic nitrogens is 1. The Morgan fingerprint density at radius 1 is 0.972 bits per heavy atom. The van der Waals surface area contributed by atoms with Gasteiger partial charge in [0.25, 0.3) is 0 Å². The SMILES string of the molecule is Cc1ccc(N2CCOCC2)cc1Cn1c(C(=O)O)c(-c2ccc(C(C)(C)C)cc2)c2ccccc21. The van der Waals surface area contributed by atoms with Crippen LogP contribution in [-0.2, 0) is 16.7 Å². The lowest BCUT2D eigenvalue weighted by Crippen LogP contribution is -2.36. The molecular weight excluding hydrogens is 448 g/mol. The fourth-order valence-electron chi connectivity index (χ4n) is 5.14. The fourth-order valence-corrected chi connectivity index (χ4v) is 5.14. The van der Waals surface area contributed by atoms with E-state index < -0.39 is 5.97 Å². The van der Waals surface area contributed by atoms with Crippen LogP contribution in [0.3, 0.4) is 0 Å². The van der Waals surface area contributed by atoms with Gasteiger partial charge in [0, 0.05) is 41.8 Å². The predicted molar refractivity (Wildman–Crippen MR) is 146 cm³/mol. The standard InChI is InChI=1S/C31H34N2O3/c1-21-9-14-25(32-15-17-36-18-16-32)19-23(21)20-33-27-8-6-5-7-26(27)28(29(33)30(34)35)22-10-12-24(13-11-22)31(2,3)4/h5-14,19H,15-18,20H2,1-4H3,(H,34,35). The van der Waals surface area contributed by atoms with Crippen LogP contribution in [0.2, 0.25) is 0 Å². The molecule has 1 fully saturated rings. The molecular formula is C31H34N2O3. The summed E-state index contributed by atoms with van der Waals surface area (Å²) in [5.41, 5.74) is 7.65. The molecule has 0 amide bonds. The first-order valence-corrected chi connectivity index (χ1v) is 12.6. The van der Waals surface area contributed by atoms with Gasteiger partial charge in [0.15, 0.2) is 0 Å². The summed E-state index contributed by atoms with van der Waals surface area (Å²) in [6, 6.07) is 22.9. The van der Waals surface area contributed by atoms with Crippen molar-refractivity contribution in [3.63, 3.8) is 0 Å². The molecule has 0 spiro atoms. The van der Waals surface area contributed by atoms with Crippen molar-refractivity contribution in [2.45, 2.75) is 39.7 Å². The van der Waals surface area contributed by atoms with Gasteiger partial charge in [-0.1, -0.05) is 69.3 Å². The summed E-state index contributed by atoms with van der Waals surface area (Å²) in [5.74, 6) is -0.914. The molecule has 1 saturated heterocycles. The van der Waals surface area contributed by atoms with Crippen LogP contribution in [0.5, 0.6) is 0 Å². The van der Waals surface area contributed by atoms with Crippen molar-refractivity contribution in [2.75, 3.05) is 31.2 Å². The number of rotatable bonds is 5. The number of hydrogen-bond acceptors (Lipinski definition) is 3. The summed E-state index contributed by atoms with van der Waals surface area (Å²) in [5, 5.41) is 11.4. The molecule has 0 saturated carbocycles. The van der Waals surface area contributed by atoms with E-state index in [0.29, 0.717) is 12.2 Å². The number of carboxylic acid groups (broad SMARTS) is 1. The minimum absolute atomic E-state index is 0.0329. The number of aromatic carboxylic acids is 1. The molecule has 4 aromatic rings. The van der Waals surface area contributed by atoms with E-state index in [9.17, 15) is 9.90 Å². The van der Waals surface area contributed by atoms with Gasteiger partial charge in [0.1, 0.15) is 5.69 Å². The third kappa shape index (κ3) is 4.51. The van der Waals surface area contributed by atoms with Crippen LogP contribution in [0.25, 0.3) is 22.0 Å². The van der Waals surface area contributed by atoms with E-state index in [1.165, 1.54) is 5.56 Å². The van der Waals surface area contributed by atoms with Gasteiger partial charge in [-0.15, -0.1) is 0 Å². The predicted octanol–water partition coefficient (Wildman–Crippen LogP) is 6.50. The molecule has 1 aliphatic rings. The number of morpholine rings is 1. The number of aryl methyl sites for hydroxylation is 1. The molecule has 5 rings (SSSR count). The maximum Gasteiger partial charge on any atom is 0.353 e. The number of hydrogen-bond donors (Lipinski definition) is 1. The Kier molecular flexibility index (Phi) is 6.35. The van der Waals surface area contributed by atoms with Gasteiger partial charge in [-0.3, -0.25) is 0 Å². The molecule has 36 heavy (non-hydrogen) atoms. The summed E-state index contributed by atoms with van der Waals surface area (Å²) >= 11 is 0. The Bertz CT molecular complexity index is 1400. The van der Waals surface area contributed by atoms with E-state index in [-0.39, 0.29) is 5.41 Å². The van der Waals surface area contributed by atoms with Crippen molar-refractivity contribution in [1.29, 1.82) is 0 Å². The second-order valence-corrected chi connectivity index (χ2v) is 10.7. The maximum atomic E-state index is 12.8. The van der Waals surface area contributed by atoms with E-state index in [2.05, 4.69) is 75.1 Å². The average Bonchev–Trinajstić information content (AvgIpc) is 3.20. The van der Waals surface area contributed by atoms with E-state index >= 15 is 0 Å². The molecule has 186 valence electrons. The first kappa shape index (κ1) is 24.1. The third-order valence-electron chi connectivity index (χ3n) is 7.25. The van der Waals surface area contributed by atoms with E-state index in [1.807, 2.05) is 28.8 Å². The van der Waals surface area contributed by atoms with Crippen LogP contribution < -0.4 is 4.90 Å². The molecule has 1 aromatic heterocycles. The zero-order valence-corrected chi connectivity index (χ0v) is 21.5. The lowest BCUT2D eigenvalue weighted by atomic mass is 9.86. The summed E-state index contributed by atoms with van der Waals surface area (Å²) in [7, 11) is 0. The molecule has 5 nitrogen and oxygen atoms in total. The van der Waals surface area contributed by atoms with Gasteiger partial charge in [0.05, 0.1) is 13.2 Å². The highest BCUT2D eigenvalue weighted by molar-refractivity contribution is 6.08. The largest absolute Gasteiger partial charge is 0.477 e. The van der Waals surface area contributed by atoms with Crippen molar-refractivity contribution in [2.24, 2.45) is 0 Å². The molecule has 1 aliphatic heterocycles. The minimum Gasteiger partial charge on any atom is -0.477 e. The number of nitrogens with zero attached hydrogens (tertiary/aromatic N) is 2. The molecule has 0 aliphatic carbocycles. The van der Waals surface area contributed by atoms with Crippen LogP contribution in [0.15, 0.2) is 66.7 Å². The Morgan fingerprint density at radius 2 is 1.67 bits per heavy atom. The van der Waals surface area contributed by atoms with Crippen molar-refractivity contribution in [3.05, 3.63) is 89.1 Å². The molecule has 0 radical (unpaired) electrons. The van der Waals surface area contributed by atoms with Crippen molar-refractivity contribution in [1.82, 2.24) is 4.57 Å². The number of benzene rings is 3. The van der Waals surface area contributed by atoms with Gasteiger partial charge in [0.2, 0.25) is 0 Å². The molecule has 5 heteroatoms. The second kappa shape index (κ2) is 9.47. The van der Waals surface area contributed by atoms with Crippen LogP contribution in [-0.4, -0.2) is 41.9 Å². The summed E-state index contributed by atoms with van der Waals surface area (Å²) in [6.45, 7) is 12.3. The van der Waals surface area contributed by atoms with Gasteiger partial charge >= 0.3 is 5.97 Å². The van der Waals surface area contributed by atoms with Gasteiger partial charge in [-0.2, -0.15) is 0 Å². The number of carboxylic acids is 1. The van der Waals surface area contributed by atoms with Crippen molar-refractivity contribution in [3.8, 4) is 11.1 Å². The zero-order chi connectivity index (χ0) is 25.4. The number of para-hydroxylation sites is 1. The number of fused-ring (bicyclic) bond motifs is 1. The maximum absolute atomic E-state index is 12.8. The quantitative estimate of drug-likeness (QED) is 0.353. The molecule has 0 unspecified atom stereocenters. The Balaban J connectivity index is 1.64. The van der Waals surface area contributed by atoms with E-state index in [0.717, 1.165) is 65.1 Å². The Labute approximate surface area is 212 Å². The Hall–Kier alpha value is -3.57. The van der Waals surface area contributed by atoms with Gasteiger partial charge in [-0.05, 0) is 52.8 Å². The van der Waals surface area contributed by atoms with Crippen LogP contribution in [0, 0.1) is 6.92 Å². The second-order valence-electron chi connectivity index (χ2n) is 10.7. The van der Waals surface area contributed by atoms with Crippen LogP contribution in [0.1, 0.15) is 48.0 Å². The lowest BCUT2D eigenvalue weighted by Gasteiger charge is -2.29. The number of ether oxygens (including phenoxy) is 1. The van der Waals surface area contributed by atoms with E-state index in [4.69, 9.17) is 4.74 Å². The third-order valence-corrected chi connectivity index (χ3v) is 7.25. The van der Waals surface area contributed by atoms with Crippen molar-refractivity contribution >= 4 is 22.6 Å². The lowest BCUT2D eigenvalue weighted by molar-refractivity contribution is 0.0687. The molecule has 0 bridgehead atoms. The minimum atomic E-state index is -0.914. The highest BCUT2D eigenvalue weighted by Gasteiger charge is 2.25. The zero-order valence-electron chi connectivity index (χ0n) is 21.5. The molecule has 1 N–H and O–H groups in total. The van der Waals surface area contributed by atoms with Crippen LogP contribution in [0.4, 0.5) is 5.69 Å². The smallest absolute Gasteiger partial charge is 0.353 e. The number of anilines is 1. The van der Waals surface area contributed by atoms with E-state index in [1.54, 1.807) is 0 Å². The summed E-state index contributed by atoms with van der Waals surface area (Å²) in [6.07, 6.45) is 0. The first-order valence-electron chi connectivity index (χ1n) is 12.6. The number of carbonyl (C=O) groups is 1. The molecule has 0 atom stereocenters. The summed E-state index contributed by atoms with van der Waals surface area (Å²) < 4.78 is 7.49. The normalized spacial score (nSPS) is 14.4. The monoisotopic (exact) mass is 482 g/mol. The van der Waals surface area contributed by atoms with Crippen LogP contribution >= 0.6 is 0 Å². The summed E-state index contributed by atoms with van der Waals surface area (Å²) in [4.78, 5) is 15.1. The Morgan fingerprint density at radius 3 is 2.33 bits per heavy atom. The first-order chi connectivity index (χ1) is 17.2. The highest BCUT2D eigenvalue weighted by atomic mass is 16.5. The van der Waals surface area contributed by atoms with Crippen molar-refractivity contribution < 1.29 is 14.6 Å². The molecule has 3 aromatic carbocycles. The fraction of sp³-hybridized carbons (Fsp3) is 0.323.